The first kappa shape index (κ1) is 16.0. The fourth-order valence-corrected chi connectivity index (χ4v) is 2.89. The first-order chi connectivity index (χ1) is 9.65. The highest BCUT2D eigenvalue weighted by Gasteiger charge is 2.49. The monoisotopic (exact) mass is 345 g/mol. The van der Waals surface area contributed by atoms with Gasteiger partial charge in [0, 0.05) is 5.92 Å². The minimum absolute atomic E-state index is 0.0129. The van der Waals surface area contributed by atoms with Crippen molar-refractivity contribution in [2.24, 2.45) is 0 Å². The molecule has 0 spiro atoms. The van der Waals surface area contributed by atoms with Gasteiger partial charge in [0.1, 0.15) is 5.01 Å². The maximum absolute atomic E-state index is 12.3. The highest BCUT2D eigenvalue weighted by Crippen LogP contribution is 2.44. The summed E-state index contributed by atoms with van der Waals surface area (Å²) in [6.45, 7) is 1.49. The summed E-state index contributed by atoms with van der Waals surface area (Å²) < 4.78 is 67.6. The van der Waals surface area contributed by atoms with Gasteiger partial charge in [-0.05, 0) is 19.8 Å². The van der Waals surface area contributed by atoms with Crippen molar-refractivity contribution in [1.82, 2.24) is 4.98 Å². The van der Waals surface area contributed by atoms with Crippen LogP contribution in [0.3, 0.4) is 0 Å². The molecule has 0 aliphatic heterocycles. The van der Waals surface area contributed by atoms with Crippen LogP contribution in [0.15, 0.2) is 0 Å². The van der Waals surface area contributed by atoms with E-state index in [0.717, 1.165) is 24.2 Å². The minimum atomic E-state index is -5.88. The Balaban J connectivity index is 2.35. The Morgan fingerprint density at radius 3 is 2.52 bits per heavy atom. The molecule has 0 amide bonds. The molecular formula is C10H10F3NO5S2. The van der Waals surface area contributed by atoms with E-state index in [-0.39, 0.29) is 17.4 Å². The molecule has 0 saturated heterocycles. The average Bonchev–Trinajstić information content (AvgIpc) is 3.10. The van der Waals surface area contributed by atoms with Gasteiger partial charge in [-0.1, -0.05) is 0 Å². The van der Waals surface area contributed by atoms with Crippen LogP contribution in [0.1, 0.15) is 40.4 Å². The van der Waals surface area contributed by atoms with Crippen molar-refractivity contribution >= 4 is 27.4 Å². The summed E-state index contributed by atoms with van der Waals surface area (Å²) in [4.78, 5) is 15.0. The number of nitrogens with zero attached hydrogens (tertiary/aromatic N) is 1. The number of aromatic nitrogens is 1. The van der Waals surface area contributed by atoms with Gasteiger partial charge in [0.05, 0.1) is 6.61 Å². The Kier molecular flexibility index (Phi) is 4.15. The zero-order valence-electron chi connectivity index (χ0n) is 10.6. The summed E-state index contributed by atoms with van der Waals surface area (Å²) >= 11 is 0.787. The predicted octanol–water partition coefficient (Wildman–Crippen LogP) is 2.43. The zero-order valence-corrected chi connectivity index (χ0v) is 12.3. The summed E-state index contributed by atoms with van der Waals surface area (Å²) in [5, 5.41) is 0.366. The van der Waals surface area contributed by atoms with Gasteiger partial charge in [0.15, 0.2) is 4.88 Å². The van der Waals surface area contributed by atoms with Crippen molar-refractivity contribution in [2.45, 2.75) is 31.2 Å². The van der Waals surface area contributed by atoms with Crippen LogP contribution in [0.2, 0.25) is 0 Å². The van der Waals surface area contributed by atoms with Crippen molar-refractivity contribution in [3.8, 4) is 5.88 Å². The smallest absolute Gasteiger partial charge is 0.462 e. The first-order valence-electron chi connectivity index (χ1n) is 5.84. The van der Waals surface area contributed by atoms with E-state index in [1.54, 1.807) is 0 Å². The lowest BCUT2D eigenvalue weighted by Crippen LogP contribution is -2.28. The van der Waals surface area contributed by atoms with E-state index in [9.17, 15) is 26.4 Å². The summed E-state index contributed by atoms with van der Waals surface area (Å²) in [6.07, 6.45) is 1.56. The molecule has 1 heterocycles. The molecule has 1 saturated carbocycles. The number of thiazole rings is 1. The number of alkyl halides is 3. The Labute approximate surface area is 122 Å². The quantitative estimate of drug-likeness (QED) is 0.463. The van der Waals surface area contributed by atoms with Gasteiger partial charge >= 0.3 is 21.6 Å². The van der Waals surface area contributed by atoms with Gasteiger partial charge in [-0.25, -0.2) is 9.78 Å². The molecule has 2 rings (SSSR count). The number of halogens is 3. The van der Waals surface area contributed by atoms with E-state index < -0.39 is 27.5 Å². The summed E-state index contributed by atoms with van der Waals surface area (Å²) in [5.74, 6) is -1.82. The predicted molar refractivity (Wildman–Crippen MR) is 65.6 cm³/mol. The molecular weight excluding hydrogens is 335 g/mol. The first-order valence-corrected chi connectivity index (χ1v) is 8.06. The lowest BCUT2D eigenvalue weighted by Gasteiger charge is -2.08. The number of esters is 1. The van der Waals surface area contributed by atoms with E-state index in [1.807, 2.05) is 0 Å². The normalized spacial score (nSPS) is 15.8. The molecule has 21 heavy (non-hydrogen) atoms. The molecule has 6 nitrogen and oxygen atoms in total. The molecule has 0 radical (unpaired) electrons. The molecule has 0 atom stereocenters. The Bertz CT molecular complexity index is 648. The topological polar surface area (TPSA) is 82.6 Å². The van der Waals surface area contributed by atoms with Gasteiger partial charge < -0.3 is 8.92 Å². The van der Waals surface area contributed by atoms with Crippen molar-refractivity contribution in [3.63, 3.8) is 0 Å². The maximum atomic E-state index is 12.3. The molecule has 0 unspecified atom stereocenters. The molecule has 1 aromatic rings. The van der Waals surface area contributed by atoms with Gasteiger partial charge in [-0.2, -0.15) is 21.6 Å². The summed E-state index contributed by atoms with van der Waals surface area (Å²) in [7, 11) is -5.88. The number of hydrogen-bond donors (Lipinski definition) is 0. The molecule has 0 bridgehead atoms. The second-order valence-corrected chi connectivity index (χ2v) is 6.73. The van der Waals surface area contributed by atoms with E-state index in [4.69, 9.17) is 0 Å². The zero-order chi connectivity index (χ0) is 15.8. The summed E-state index contributed by atoms with van der Waals surface area (Å²) in [6, 6.07) is 0. The molecule has 1 aromatic heterocycles. The van der Waals surface area contributed by atoms with Gasteiger partial charge in [-0.3, -0.25) is 0 Å². The van der Waals surface area contributed by atoms with Crippen molar-refractivity contribution < 1.29 is 35.3 Å². The van der Waals surface area contributed by atoms with Gasteiger partial charge in [0.2, 0.25) is 0 Å². The van der Waals surface area contributed by atoms with E-state index in [2.05, 4.69) is 13.9 Å². The lowest BCUT2D eigenvalue weighted by atomic mass is 10.4. The lowest BCUT2D eigenvalue weighted by molar-refractivity contribution is -0.0501. The van der Waals surface area contributed by atoms with Crippen LogP contribution >= 0.6 is 11.3 Å². The SMILES string of the molecule is CCOC(=O)c1sc(C2CC2)nc1OS(=O)(=O)C(F)(F)F. The highest BCUT2D eigenvalue weighted by atomic mass is 32.2. The van der Waals surface area contributed by atoms with Crippen LogP contribution < -0.4 is 4.18 Å². The third kappa shape index (κ3) is 3.46. The number of ether oxygens (including phenoxy) is 1. The fourth-order valence-electron chi connectivity index (χ4n) is 1.36. The van der Waals surface area contributed by atoms with Gasteiger partial charge in [-0.15, -0.1) is 11.3 Å². The second-order valence-electron chi connectivity index (χ2n) is 4.16. The van der Waals surface area contributed by atoms with Crippen molar-refractivity contribution in [2.75, 3.05) is 6.61 Å². The molecule has 1 fully saturated rings. The minimum Gasteiger partial charge on any atom is -0.462 e. The second kappa shape index (κ2) is 5.44. The third-order valence-electron chi connectivity index (χ3n) is 2.47. The maximum Gasteiger partial charge on any atom is 0.534 e. The number of rotatable bonds is 5. The average molecular weight is 345 g/mol. The number of hydrogen-bond acceptors (Lipinski definition) is 7. The third-order valence-corrected chi connectivity index (χ3v) is 4.60. The van der Waals surface area contributed by atoms with Crippen molar-refractivity contribution in [1.29, 1.82) is 0 Å². The molecule has 1 aliphatic rings. The van der Waals surface area contributed by atoms with Crippen LogP contribution in [-0.4, -0.2) is 31.5 Å². The van der Waals surface area contributed by atoms with E-state index in [1.165, 1.54) is 6.92 Å². The van der Waals surface area contributed by atoms with Crippen molar-refractivity contribution in [3.05, 3.63) is 9.88 Å². The van der Waals surface area contributed by atoms with Crippen LogP contribution in [0.4, 0.5) is 13.2 Å². The largest absolute Gasteiger partial charge is 0.534 e. The fraction of sp³-hybridized carbons (Fsp3) is 0.600. The Morgan fingerprint density at radius 2 is 2.05 bits per heavy atom. The number of carbonyl (C=O) groups is 1. The van der Waals surface area contributed by atoms with Gasteiger partial charge in [0.25, 0.3) is 5.88 Å². The van der Waals surface area contributed by atoms with E-state index in [0.29, 0.717) is 5.01 Å². The molecule has 11 heteroatoms. The van der Waals surface area contributed by atoms with E-state index >= 15 is 0 Å². The van der Waals surface area contributed by atoms with Crippen LogP contribution in [0, 0.1) is 0 Å². The highest BCUT2D eigenvalue weighted by molar-refractivity contribution is 7.88. The standard InChI is InChI=1S/C10H10F3NO5S2/c1-2-18-9(15)6-7(14-8(20-6)5-3-4-5)19-21(16,17)10(11,12)13/h5H,2-4H2,1H3. The molecule has 0 aromatic carbocycles. The number of carbonyl (C=O) groups excluding carboxylic acids is 1. The molecule has 1 aliphatic carbocycles. The van der Waals surface area contributed by atoms with Crippen LogP contribution in [-0.2, 0) is 14.9 Å². The van der Waals surface area contributed by atoms with Crippen LogP contribution in [0.25, 0.3) is 0 Å². The molecule has 0 N–H and O–H groups in total. The summed E-state index contributed by atoms with van der Waals surface area (Å²) in [5.41, 5.74) is -5.59. The Morgan fingerprint density at radius 1 is 1.43 bits per heavy atom. The Hall–Kier alpha value is -1.36. The van der Waals surface area contributed by atoms with Crippen LogP contribution in [0.5, 0.6) is 5.88 Å². The molecule has 118 valence electrons.